The van der Waals surface area contributed by atoms with Gasteiger partial charge in [-0.3, -0.25) is 4.79 Å². The molecule has 0 aliphatic carbocycles. The summed E-state index contributed by atoms with van der Waals surface area (Å²) in [4.78, 5) is 39.9. The maximum Gasteiger partial charge on any atom is 0.361 e. The monoisotopic (exact) mass is 441 g/mol. The number of ketones is 1. The second-order valence-electron chi connectivity index (χ2n) is 8.02. The number of hydrogen-bond acceptors (Lipinski definition) is 6. The van der Waals surface area contributed by atoms with Crippen LogP contribution in [0.2, 0.25) is 0 Å². The minimum atomic E-state index is -0.933. The highest BCUT2D eigenvalue weighted by atomic mass is 16.5. The molecule has 166 valence electrons. The van der Waals surface area contributed by atoms with E-state index in [-0.39, 0.29) is 5.70 Å². The lowest BCUT2D eigenvalue weighted by atomic mass is 9.97. The van der Waals surface area contributed by atoms with Gasteiger partial charge in [0, 0.05) is 5.56 Å². The summed E-state index contributed by atoms with van der Waals surface area (Å²) in [6.07, 6.45) is 0. The molecule has 33 heavy (non-hydrogen) atoms. The van der Waals surface area contributed by atoms with E-state index in [0.29, 0.717) is 28.3 Å². The van der Waals surface area contributed by atoms with Crippen LogP contribution in [0.5, 0.6) is 11.5 Å². The summed E-state index contributed by atoms with van der Waals surface area (Å²) in [5.41, 5.74) is 3.28. The van der Waals surface area contributed by atoms with Gasteiger partial charge >= 0.3 is 11.9 Å². The molecule has 0 amide bonds. The molecule has 6 nitrogen and oxygen atoms in total. The molecule has 1 aliphatic rings. The minimum Gasteiger partial charge on any atom is -0.422 e. The average Bonchev–Trinajstić information content (AvgIpc) is 2.77. The number of rotatable bonds is 4. The fourth-order valence-corrected chi connectivity index (χ4v) is 3.90. The Kier molecular flexibility index (Phi) is 5.84. The van der Waals surface area contributed by atoms with Crippen LogP contribution in [0.4, 0.5) is 5.69 Å². The Labute approximate surface area is 191 Å². The van der Waals surface area contributed by atoms with Crippen molar-refractivity contribution in [2.75, 3.05) is 5.32 Å². The number of para-hydroxylation sites is 2. The van der Waals surface area contributed by atoms with E-state index in [1.807, 2.05) is 32.9 Å². The van der Waals surface area contributed by atoms with Crippen LogP contribution in [0.1, 0.15) is 32.6 Å². The number of carbonyl (C=O) groups excluding carboxylic acids is 3. The normalized spacial score (nSPS) is 14.0. The number of ether oxygens (including phenoxy) is 2. The van der Waals surface area contributed by atoms with Crippen molar-refractivity contribution in [2.45, 2.75) is 27.7 Å². The number of carbonyl (C=O) groups is 3. The van der Waals surface area contributed by atoms with Gasteiger partial charge in [-0.05, 0) is 56.5 Å². The number of esters is 2. The zero-order valence-corrected chi connectivity index (χ0v) is 18.8. The highest BCUT2D eigenvalue weighted by Gasteiger charge is 2.34. The maximum atomic E-state index is 13.6. The maximum absolute atomic E-state index is 13.6. The number of aryl methyl sites for hydroxylation is 4. The first-order valence-electron chi connectivity index (χ1n) is 10.5. The SMILES string of the molecule is Cc1cc(C)c(OC(=O)C(C(=O)c2ccccc2C)=C2Nc3ccccc3OC2=O)c(C)c1. The van der Waals surface area contributed by atoms with Crippen LogP contribution in [0.25, 0.3) is 0 Å². The molecule has 3 aromatic rings. The van der Waals surface area contributed by atoms with E-state index >= 15 is 0 Å². The van der Waals surface area contributed by atoms with Crippen LogP contribution < -0.4 is 14.8 Å². The van der Waals surface area contributed by atoms with Gasteiger partial charge in [-0.2, -0.15) is 0 Å². The summed E-state index contributed by atoms with van der Waals surface area (Å²) < 4.78 is 11.1. The van der Waals surface area contributed by atoms with Gasteiger partial charge in [0.15, 0.2) is 5.75 Å². The van der Waals surface area contributed by atoms with Crippen molar-refractivity contribution in [2.24, 2.45) is 0 Å². The lowest BCUT2D eigenvalue weighted by Gasteiger charge is -2.22. The molecule has 0 bridgehead atoms. The lowest BCUT2D eigenvalue weighted by molar-refractivity contribution is -0.133. The fraction of sp³-hybridized carbons (Fsp3) is 0.148. The Balaban J connectivity index is 1.85. The molecule has 4 rings (SSSR count). The van der Waals surface area contributed by atoms with Gasteiger partial charge in [0.05, 0.1) is 5.69 Å². The molecule has 0 radical (unpaired) electrons. The lowest BCUT2D eigenvalue weighted by Crippen LogP contribution is -2.31. The highest BCUT2D eigenvalue weighted by molar-refractivity contribution is 6.29. The Morgan fingerprint density at radius 1 is 0.848 bits per heavy atom. The average molecular weight is 441 g/mol. The summed E-state index contributed by atoms with van der Waals surface area (Å²) in [6, 6.07) is 17.4. The topological polar surface area (TPSA) is 81.7 Å². The molecule has 1 N–H and O–H groups in total. The first kappa shape index (κ1) is 22.0. The molecule has 0 fully saturated rings. The molecule has 0 spiro atoms. The van der Waals surface area contributed by atoms with Gasteiger partial charge in [0.25, 0.3) is 0 Å². The number of nitrogens with one attached hydrogen (secondary N) is 1. The zero-order chi connectivity index (χ0) is 23.7. The van der Waals surface area contributed by atoms with Crippen molar-refractivity contribution >= 4 is 23.4 Å². The van der Waals surface area contributed by atoms with Gasteiger partial charge in [-0.15, -0.1) is 0 Å². The fourth-order valence-electron chi connectivity index (χ4n) is 3.90. The van der Waals surface area contributed by atoms with E-state index < -0.39 is 23.3 Å². The summed E-state index contributed by atoms with van der Waals surface area (Å²) in [6.45, 7) is 7.35. The molecule has 6 heteroatoms. The van der Waals surface area contributed by atoms with E-state index in [1.54, 1.807) is 55.5 Å². The van der Waals surface area contributed by atoms with E-state index in [1.165, 1.54) is 0 Å². The van der Waals surface area contributed by atoms with Crippen molar-refractivity contribution in [3.63, 3.8) is 0 Å². The number of fused-ring (bicyclic) bond motifs is 1. The first-order chi connectivity index (χ1) is 15.8. The first-order valence-corrected chi connectivity index (χ1v) is 10.5. The molecule has 0 saturated heterocycles. The Hall–Kier alpha value is -4.19. The predicted molar refractivity (Wildman–Crippen MR) is 125 cm³/mol. The largest absolute Gasteiger partial charge is 0.422 e. The van der Waals surface area contributed by atoms with Crippen LogP contribution in [0.3, 0.4) is 0 Å². The third-order valence-corrected chi connectivity index (χ3v) is 5.42. The van der Waals surface area contributed by atoms with Crippen molar-refractivity contribution in [1.29, 1.82) is 0 Å². The minimum absolute atomic E-state index is 0.255. The zero-order valence-electron chi connectivity index (χ0n) is 18.8. The summed E-state index contributed by atoms with van der Waals surface area (Å²) in [5, 5.41) is 2.91. The summed E-state index contributed by atoms with van der Waals surface area (Å²) >= 11 is 0. The van der Waals surface area contributed by atoms with Gasteiger partial charge in [-0.25, -0.2) is 9.59 Å². The van der Waals surface area contributed by atoms with E-state index in [0.717, 1.165) is 16.7 Å². The van der Waals surface area contributed by atoms with Crippen LogP contribution in [-0.2, 0) is 9.59 Å². The molecule has 0 unspecified atom stereocenters. The van der Waals surface area contributed by atoms with Crippen LogP contribution in [0.15, 0.2) is 71.9 Å². The molecular formula is C27H23NO5. The molecule has 1 heterocycles. The molecule has 0 saturated carbocycles. The second-order valence-corrected chi connectivity index (χ2v) is 8.02. The molecule has 3 aromatic carbocycles. The summed E-state index contributed by atoms with van der Waals surface area (Å²) in [5.74, 6) is -1.73. The van der Waals surface area contributed by atoms with Crippen molar-refractivity contribution in [3.8, 4) is 11.5 Å². The van der Waals surface area contributed by atoms with Crippen molar-refractivity contribution in [3.05, 3.63) is 99.8 Å². The van der Waals surface area contributed by atoms with Crippen LogP contribution >= 0.6 is 0 Å². The Morgan fingerprint density at radius 2 is 1.48 bits per heavy atom. The van der Waals surface area contributed by atoms with E-state index in [9.17, 15) is 14.4 Å². The quantitative estimate of drug-likeness (QED) is 0.153. The summed E-state index contributed by atoms with van der Waals surface area (Å²) in [7, 11) is 0. The van der Waals surface area contributed by atoms with Gasteiger partial charge in [0.1, 0.15) is 17.0 Å². The molecule has 1 aliphatic heterocycles. The predicted octanol–water partition coefficient (Wildman–Crippen LogP) is 4.99. The Morgan fingerprint density at radius 3 is 2.18 bits per heavy atom. The van der Waals surface area contributed by atoms with Crippen molar-refractivity contribution in [1.82, 2.24) is 0 Å². The van der Waals surface area contributed by atoms with Gasteiger partial charge in [-0.1, -0.05) is 54.1 Å². The highest BCUT2D eigenvalue weighted by Crippen LogP contribution is 2.33. The van der Waals surface area contributed by atoms with E-state index in [2.05, 4.69) is 5.32 Å². The van der Waals surface area contributed by atoms with Gasteiger partial charge < -0.3 is 14.8 Å². The standard InChI is InChI=1S/C27H23NO5/c1-15-13-17(3)25(18(4)14-15)33-26(30)22(24(29)19-10-6-5-9-16(19)2)23-27(31)32-21-12-8-7-11-20(21)28-23/h5-14,28H,1-4H3. The molecule has 0 atom stereocenters. The van der Waals surface area contributed by atoms with Gasteiger partial charge in [0.2, 0.25) is 5.78 Å². The molecule has 0 aromatic heterocycles. The number of Topliss-reactive ketones (excluding diaryl/α,β-unsaturated/α-hetero) is 1. The third kappa shape index (κ3) is 4.28. The smallest absolute Gasteiger partial charge is 0.361 e. The number of anilines is 1. The molecular weight excluding hydrogens is 418 g/mol. The van der Waals surface area contributed by atoms with E-state index in [4.69, 9.17) is 9.47 Å². The Bertz CT molecular complexity index is 1310. The second kappa shape index (κ2) is 8.74. The van der Waals surface area contributed by atoms with Crippen molar-refractivity contribution < 1.29 is 23.9 Å². The number of hydrogen-bond donors (Lipinski definition) is 1. The van der Waals surface area contributed by atoms with Crippen LogP contribution in [-0.4, -0.2) is 17.7 Å². The third-order valence-electron chi connectivity index (χ3n) is 5.42. The number of benzene rings is 3. The van der Waals surface area contributed by atoms with Crippen LogP contribution in [0, 0.1) is 27.7 Å².